The first-order chi connectivity index (χ1) is 11.6. The standard InChI is InChI=1S/C18H20N4O2/c1-11(2)20-18-19-10-12-8-14(17(24-3)9-16(12)21-18)13-6-4-5-7-15(13)22-23/h4-11,22-23H,1-3H3,(H,19,20,21). The molecular formula is C18H20N4O2. The molecule has 0 radical (unpaired) electrons. The Labute approximate surface area is 140 Å². The molecule has 0 fully saturated rings. The van der Waals surface area contributed by atoms with Gasteiger partial charge in [-0.25, -0.2) is 9.97 Å². The summed E-state index contributed by atoms with van der Waals surface area (Å²) in [6, 6.07) is 11.6. The van der Waals surface area contributed by atoms with E-state index in [4.69, 9.17) is 4.74 Å². The van der Waals surface area contributed by atoms with Crippen molar-refractivity contribution in [3.8, 4) is 16.9 Å². The summed E-state index contributed by atoms with van der Waals surface area (Å²) >= 11 is 0. The third kappa shape index (κ3) is 3.09. The zero-order valence-corrected chi connectivity index (χ0v) is 13.9. The molecule has 3 rings (SSSR count). The van der Waals surface area contributed by atoms with E-state index in [-0.39, 0.29) is 6.04 Å². The van der Waals surface area contributed by atoms with Gasteiger partial charge in [-0.2, -0.15) is 0 Å². The van der Waals surface area contributed by atoms with Crippen molar-refractivity contribution in [1.82, 2.24) is 9.97 Å². The SMILES string of the molecule is COc1cc2nc(NC(C)C)ncc2cc1-c1ccccc1NO. The largest absolute Gasteiger partial charge is 0.496 e. The van der Waals surface area contributed by atoms with Gasteiger partial charge in [-0.05, 0) is 26.0 Å². The minimum Gasteiger partial charge on any atom is -0.496 e. The van der Waals surface area contributed by atoms with Crippen LogP contribution in [0.5, 0.6) is 5.75 Å². The molecule has 0 amide bonds. The second kappa shape index (κ2) is 6.72. The fourth-order valence-corrected chi connectivity index (χ4v) is 2.58. The van der Waals surface area contributed by atoms with Gasteiger partial charge in [-0.3, -0.25) is 10.7 Å². The van der Waals surface area contributed by atoms with Gasteiger partial charge in [0.15, 0.2) is 0 Å². The van der Waals surface area contributed by atoms with E-state index in [1.54, 1.807) is 19.4 Å². The zero-order chi connectivity index (χ0) is 17.1. The number of benzene rings is 2. The molecule has 6 nitrogen and oxygen atoms in total. The molecule has 3 N–H and O–H groups in total. The van der Waals surface area contributed by atoms with Crippen molar-refractivity contribution in [2.75, 3.05) is 17.9 Å². The van der Waals surface area contributed by atoms with Crippen molar-refractivity contribution >= 4 is 22.5 Å². The summed E-state index contributed by atoms with van der Waals surface area (Å²) in [5.74, 6) is 1.27. The summed E-state index contributed by atoms with van der Waals surface area (Å²) in [5, 5.41) is 13.4. The first kappa shape index (κ1) is 16.0. The molecule has 0 aliphatic rings. The quantitative estimate of drug-likeness (QED) is 0.617. The third-order valence-corrected chi connectivity index (χ3v) is 3.66. The van der Waals surface area contributed by atoms with Gasteiger partial charge >= 0.3 is 0 Å². The van der Waals surface area contributed by atoms with Gasteiger partial charge < -0.3 is 10.1 Å². The number of methoxy groups -OCH3 is 1. The van der Waals surface area contributed by atoms with Gasteiger partial charge in [0.2, 0.25) is 5.95 Å². The average molecular weight is 324 g/mol. The van der Waals surface area contributed by atoms with Crippen molar-refractivity contribution < 1.29 is 9.94 Å². The molecule has 3 aromatic rings. The Morgan fingerprint density at radius 2 is 1.92 bits per heavy atom. The molecule has 0 atom stereocenters. The summed E-state index contributed by atoms with van der Waals surface area (Å²) in [5.41, 5.74) is 5.32. The highest BCUT2D eigenvalue weighted by molar-refractivity contribution is 5.91. The van der Waals surface area contributed by atoms with Crippen LogP contribution < -0.4 is 15.5 Å². The second-order valence-corrected chi connectivity index (χ2v) is 5.76. The molecular weight excluding hydrogens is 304 g/mol. The number of hydrogen-bond acceptors (Lipinski definition) is 6. The number of aromatic nitrogens is 2. The van der Waals surface area contributed by atoms with E-state index < -0.39 is 0 Å². The van der Waals surface area contributed by atoms with Crippen LogP contribution in [0.3, 0.4) is 0 Å². The molecule has 1 aromatic heterocycles. The predicted molar refractivity (Wildman–Crippen MR) is 95.7 cm³/mol. The van der Waals surface area contributed by atoms with Gasteiger partial charge in [0.05, 0.1) is 18.3 Å². The topological polar surface area (TPSA) is 79.3 Å². The van der Waals surface area contributed by atoms with Gasteiger partial charge in [0, 0.05) is 34.8 Å². The Morgan fingerprint density at radius 3 is 2.62 bits per heavy atom. The maximum Gasteiger partial charge on any atom is 0.223 e. The average Bonchev–Trinajstić information content (AvgIpc) is 2.60. The third-order valence-electron chi connectivity index (χ3n) is 3.66. The van der Waals surface area contributed by atoms with E-state index in [2.05, 4.69) is 20.8 Å². The lowest BCUT2D eigenvalue weighted by Crippen LogP contribution is -2.12. The van der Waals surface area contributed by atoms with Crippen LogP contribution in [0.15, 0.2) is 42.6 Å². The van der Waals surface area contributed by atoms with Crippen LogP contribution in [-0.4, -0.2) is 28.3 Å². The molecule has 0 spiro atoms. The summed E-state index contributed by atoms with van der Waals surface area (Å²) in [4.78, 5) is 8.89. The summed E-state index contributed by atoms with van der Waals surface area (Å²) in [6.45, 7) is 4.08. The van der Waals surface area contributed by atoms with Crippen LogP contribution in [0.2, 0.25) is 0 Å². The molecule has 0 aliphatic carbocycles. The van der Waals surface area contributed by atoms with Crippen molar-refractivity contribution in [1.29, 1.82) is 0 Å². The van der Waals surface area contributed by atoms with E-state index >= 15 is 0 Å². The first-order valence-electron chi connectivity index (χ1n) is 7.73. The Hall–Kier alpha value is -2.86. The molecule has 124 valence electrons. The molecule has 0 bridgehead atoms. The molecule has 24 heavy (non-hydrogen) atoms. The fraction of sp³-hybridized carbons (Fsp3) is 0.222. The molecule has 1 heterocycles. The van der Waals surface area contributed by atoms with Crippen LogP contribution in [-0.2, 0) is 0 Å². The number of nitrogens with zero attached hydrogens (tertiary/aromatic N) is 2. The highest BCUT2D eigenvalue weighted by Gasteiger charge is 2.13. The number of rotatable bonds is 5. The van der Waals surface area contributed by atoms with Crippen molar-refractivity contribution in [2.45, 2.75) is 19.9 Å². The van der Waals surface area contributed by atoms with Gasteiger partial charge in [0.25, 0.3) is 0 Å². The lowest BCUT2D eigenvalue weighted by Gasteiger charge is -2.14. The number of nitrogens with one attached hydrogen (secondary N) is 2. The summed E-state index contributed by atoms with van der Waals surface area (Å²) in [6.07, 6.45) is 1.78. The number of fused-ring (bicyclic) bond motifs is 1. The normalized spacial score (nSPS) is 10.9. The molecule has 0 saturated carbocycles. The van der Waals surface area contributed by atoms with Crippen molar-refractivity contribution in [3.63, 3.8) is 0 Å². The number of para-hydroxylation sites is 1. The lowest BCUT2D eigenvalue weighted by molar-refractivity contribution is 0.389. The molecule has 0 aliphatic heterocycles. The number of anilines is 2. The molecule has 0 unspecified atom stereocenters. The smallest absolute Gasteiger partial charge is 0.223 e. The maximum absolute atomic E-state index is 9.35. The van der Waals surface area contributed by atoms with Gasteiger partial charge in [0.1, 0.15) is 5.75 Å². The van der Waals surface area contributed by atoms with Crippen molar-refractivity contribution in [3.05, 3.63) is 42.6 Å². The molecule has 2 aromatic carbocycles. The number of ether oxygens (including phenoxy) is 1. The zero-order valence-electron chi connectivity index (χ0n) is 13.9. The monoisotopic (exact) mass is 324 g/mol. The fourth-order valence-electron chi connectivity index (χ4n) is 2.58. The van der Waals surface area contributed by atoms with E-state index in [0.29, 0.717) is 17.4 Å². The van der Waals surface area contributed by atoms with Gasteiger partial charge in [-0.1, -0.05) is 18.2 Å². The van der Waals surface area contributed by atoms with Crippen LogP contribution in [0, 0.1) is 0 Å². The Bertz CT molecular complexity index is 865. The van der Waals surface area contributed by atoms with E-state index in [1.807, 2.05) is 44.2 Å². The predicted octanol–water partition coefficient (Wildman–Crippen LogP) is 3.93. The van der Waals surface area contributed by atoms with Crippen LogP contribution in [0.1, 0.15) is 13.8 Å². The van der Waals surface area contributed by atoms with Crippen LogP contribution in [0.4, 0.5) is 11.6 Å². The highest BCUT2D eigenvalue weighted by atomic mass is 16.5. The summed E-state index contributed by atoms with van der Waals surface area (Å²) < 4.78 is 5.54. The Morgan fingerprint density at radius 1 is 1.12 bits per heavy atom. The highest BCUT2D eigenvalue weighted by Crippen LogP contribution is 2.37. The van der Waals surface area contributed by atoms with E-state index in [9.17, 15) is 5.21 Å². The second-order valence-electron chi connectivity index (χ2n) is 5.76. The Kier molecular flexibility index (Phi) is 4.48. The van der Waals surface area contributed by atoms with Crippen LogP contribution in [0.25, 0.3) is 22.0 Å². The van der Waals surface area contributed by atoms with Gasteiger partial charge in [-0.15, -0.1) is 0 Å². The van der Waals surface area contributed by atoms with E-state index in [1.165, 1.54) is 0 Å². The summed E-state index contributed by atoms with van der Waals surface area (Å²) in [7, 11) is 1.62. The minimum atomic E-state index is 0.256. The number of hydrogen-bond donors (Lipinski definition) is 3. The minimum absolute atomic E-state index is 0.256. The Balaban J connectivity index is 2.15. The lowest BCUT2D eigenvalue weighted by atomic mass is 10.0. The molecule has 6 heteroatoms. The van der Waals surface area contributed by atoms with Crippen molar-refractivity contribution in [2.24, 2.45) is 0 Å². The van der Waals surface area contributed by atoms with E-state index in [0.717, 1.165) is 22.0 Å². The van der Waals surface area contributed by atoms with Crippen LogP contribution >= 0.6 is 0 Å². The molecule has 0 saturated heterocycles. The maximum atomic E-state index is 9.35. The first-order valence-corrected chi connectivity index (χ1v) is 7.73.